The van der Waals surface area contributed by atoms with Gasteiger partial charge in [0.05, 0.1) is 23.0 Å². The first-order valence-corrected chi connectivity index (χ1v) is 14.5. The number of azo groups is 1. The molecular weight excluding hydrogens is 440 g/mol. The fourth-order valence-corrected chi connectivity index (χ4v) is 4.52. The molecule has 0 amide bonds. The minimum atomic E-state index is 0.630. The number of rotatable bonds is 20. The van der Waals surface area contributed by atoms with Gasteiger partial charge in [-0.2, -0.15) is 15.5 Å². The number of hydrogen-bond acceptors (Lipinski definition) is 4. The van der Waals surface area contributed by atoms with Gasteiger partial charge in [0.2, 0.25) is 0 Å². The zero-order valence-corrected chi connectivity index (χ0v) is 22.9. The first kappa shape index (κ1) is 29.6. The zero-order chi connectivity index (χ0) is 25.7. The number of hydrogen-bond donors (Lipinski definition) is 0. The Balaban J connectivity index is 1.46. The lowest BCUT2D eigenvalue weighted by molar-refractivity contribution is 0.529. The van der Waals surface area contributed by atoms with Gasteiger partial charge in [-0.25, -0.2) is 0 Å². The second kappa shape index (κ2) is 19.5. The molecule has 0 unspecified atom stereocenters. The van der Waals surface area contributed by atoms with Crippen LogP contribution in [-0.4, -0.2) is 13.6 Å². The zero-order valence-electron chi connectivity index (χ0n) is 22.9. The molecule has 196 valence electrons. The van der Waals surface area contributed by atoms with Crippen molar-refractivity contribution in [2.75, 3.05) is 18.5 Å². The van der Waals surface area contributed by atoms with Gasteiger partial charge in [-0.1, -0.05) is 103 Å². The summed E-state index contributed by atoms with van der Waals surface area (Å²) in [5.74, 6) is 0. The molecule has 0 N–H and O–H groups in total. The predicted molar refractivity (Wildman–Crippen MR) is 155 cm³/mol. The Morgan fingerprint density at radius 3 is 1.39 bits per heavy atom. The highest BCUT2D eigenvalue weighted by Gasteiger charge is 2.01. The third kappa shape index (κ3) is 13.4. The maximum Gasteiger partial charge on any atom is 0.0991 e. The fourth-order valence-electron chi connectivity index (χ4n) is 4.52. The van der Waals surface area contributed by atoms with E-state index in [4.69, 9.17) is 5.26 Å². The Morgan fingerprint density at radius 1 is 0.583 bits per heavy atom. The van der Waals surface area contributed by atoms with Crippen LogP contribution >= 0.6 is 0 Å². The first-order valence-electron chi connectivity index (χ1n) is 14.5. The molecule has 36 heavy (non-hydrogen) atoms. The molecule has 0 aliphatic rings. The summed E-state index contributed by atoms with van der Waals surface area (Å²) in [6, 6.07) is 17.5. The van der Waals surface area contributed by atoms with E-state index in [1.165, 1.54) is 108 Å². The first-order chi connectivity index (χ1) is 17.7. The largest absolute Gasteiger partial charge is 0.375 e. The molecule has 4 nitrogen and oxygen atoms in total. The predicted octanol–water partition coefficient (Wildman–Crippen LogP) is 10.7. The Bertz CT molecular complexity index is 865. The van der Waals surface area contributed by atoms with Crippen LogP contribution < -0.4 is 4.90 Å². The summed E-state index contributed by atoms with van der Waals surface area (Å²) in [5.41, 5.74) is 3.43. The van der Waals surface area contributed by atoms with Gasteiger partial charge in [0, 0.05) is 19.3 Å². The van der Waals surface area contributed by atoms with Crippen LogP contribution in [0.15, 0.2) is 58.8 Å². The Labute approximate surface area is 220 Å². The molecule has 0 atom stereocenters. The van der Waals surface area contributed by atoms with E-state index in [0.717, 1.165) is 17.9 Å². The molecule has 0 spiro atoms. The highest BCUT2D eigenvalue weighted by molar-refractivity contribution is 5.52. The number of nitrogens with zero attached hydrogens (tertiary/aromatic N) is 4. The van der Waals surface area contributed by atoms with Crippen molar-refractivity contribution < 1.29 is 0 Å². The molecule has 0 radical (unpaired) electrons. The van der Waals surface area contributed by atoms with Gasteiger partial charge in [-0.05, 0) is 55.0 Å². The SMILES string of the molecule is CCCCCCCCCCCCCCCCCCN(C)c1ccc(N=Nc2ccc(C#N)cc2)cc1. The van der Waals surface area contributed by atoms with Gasteiger partial charge in [0.25, 0.3) is 0 Å². The lowest BCUT2D eigenvalue weighted by atomic mass is 10.0. The number of anilines is 1. The van der Waals surface area contributed by atoms with E-state index in [1.54, 1.807) is 12.1 Å². The Hall–Kier alpha value is -2.67. The standard InChI is InChI=1S/C32H48N4/c1-3-4-5-6-7-8-9-10-11-12-13-14-15-16-17-18-27-36(2)32-25-23-31(24-26-32)35-34-30-21-19-29(28-33)20-22-30/h19-26H,3-18,27H2,1-2H3. The van der Waals surface area contributed by atoms with Crippen molar-refractivity contribution in [3.05, 3.63) is 54.1 Å². The number of nitriles is 1. The molecule has 0 aliphatic heterocycles. The van der Waals surface area contributed by atoms with E-state index >= 15 is 0 Å². The monoisotopic (exact) mass is 488 g/mol. The summed E-state index contributed by atoms with van der Waals surface area (Å²) in [6.45, 7) is 3.38. The van der Waals surface area contributed by atoms with Crippen LogP contribution in [0.5, 0.6) is 0 Å². The van der Waals surface area contributed by atoms with Crippen molar-refractivity contribution >= 4 is 17.1 Å². The van der Waals surface area contributed by atoms with Gasteiger partial charge in [-0.3, -0.25) is 0 Å². The third-order valence-electron chi connectivity index (χ3n) is 6.91. The molecule has 0 aromatic heterocycles. The van der Waals surface area contributed by atoms with Crippen molar-refractivity contribution in [1.82, 2.24) is 0 Å². The molecular formula is C32H48N4. The molecule has 0 fully saturated rings. The van der Waals surface area contributed by atoms with E-state index in [2.05, 4.69) is 47.3 Å². The molecule has 2 rings (SSSR count). The average Bonchev–Trinajstić information content (AvgIpc) is 2.92. The molecule has 4 heteroatoms. The lowest BCUT2D eigenvalue weighted by Crippen LogP contribution is -2.18. The number of benzene rings is 2. The highest BCUT2D eigenvalue weighted by Crippen LogP contribution is 2.22. The van der Waals surface area contributed by atoms with Crippen molar-refractivity contribution in [3.63, 3.8) is 0 Å². The maximum absolute atomic E-state index is 8.87. The highest BCUT2D eigenvalue weighted by atomic mass is 15.1. The Kier molecular flexibility index (Phi) is 16.0. The van der Waals surface area contributed by atoms with Gasteiger partial charge < -0.3 is 4.90 Å². The normalized spacial score (nSPS) is 11.1. The van der Waals surface area contributed by atoms with E-state index in [1.807, 2.05) is 24.3 Å². The van der Waals surface area contributed by atoms with Crippen LogP contribution in [0, 0.1) is 11.3 Å². The molecule has 2 aromatic rings. The summed E-state index contributed by atoms with van der Waals surface area (Å²) >= 11 is 0. The molecule has 0 saturated carbocycles. The fraction of sp³-hybridized carbons (Fsp3) is 0.594. The Morgan fingerprint density at radius 2 is 0.972 bits per heavy atom. The van der Waals surface area contributed by atoms with Gasteiger partial charge in [-0.15, -0.1) is 0 Å². The smallest absolute Gasteiger partial charge is 0.0991 e. The van der Waals surface area contributed by atoms with Crippen molar-refractivity contribution in [2.24, 2.45) is 10.2 Å². The second-order valence-corrected chi connectivity index (χ2v) is 10.1. The van der Waals surface area contributed by atoms with E-state index in [-0.39, 0.29) is 0 Å². The van der Waals surface area contributed by atoms with Crippen molar-refractivity contribution in [3.8, 4) is 6.07 Å². The van der Waals surface area contributed by atoms with Gasteiger partial charge >= 0.3 is 0 Å². The maximum atomic E-state index is 8.87. The van der Waals surface area contributed by atoms with E-state index in [0.29, 0.717) is 5.56 Å². The van der Waals surface area contributed by atoms with Crippen molar-refractivity contribution in [2.45, 2.75) is 110 Å². The summed E-state index contributed by atoms with van der Waals surface area (Å²) in [6.07, 6.45) is 22.5. The molecule has 0 bridgehead atoms. The molecule has 0 aliphatic carbocycles. The summed E-state index contributed by atoms with van der Waals surface area (Å²) in [7, 11) is 2.17. The van der Waals surface area contributed by atoms with Gasteiger partial charge in [0.1, 0.15) is 0 Å². The van der Waals surface area contributed by atoms with Crippen molar-refractivity contribution in [1.29, 1.82) is 5.26 Å². The van der Waals surface area contributed by atoms with E-state index < -0.39 is 0 Å². The minimum Gasteiger partial charge on any atom is -0.375 e. The van der Waals surface area contributed by atoms with Crippen LogP contribution in [0.4, 0.5) is 17.1 Å². The second-order valence-electron chi connectivity index (χ2n) is 10.1. The van der Waals surface area contributed by atoms with Crippen LogP contribution in [0.1, 0.15) is 115 Å². The van der Waals surface area contributed by atoms with E-state index in [9.17, 15) is 0 Å². The number of unbranched alkanes of at least 4 members (excludes halogenated alkanes) is 15. The van der Waals surface area contributed by atoms with Crippen LogP contribution in [0.2, 0.25) is 0 Å². The average molecular weight is 489 g/mol. The summed E-state index contributed by atoms with van der Waals surface area (Å²) < 4.78 is 0. The van der Waals surface area contributed by atoms with Gasteiger partial charge in [0.15, 0.2) is 0 Å². The van der Waals surface area contributed by atoms with Crippen LogP contribution in [0.25, 0.3) is 0 Å². The van der Waals surface area contributed by atoms with Crippen LogP contribution in [-0.2, 0) is 0 Å². The summed E-state index contributed by atoms with van der Waals surface area (Å²) in [4.78, 5) is 2.32. The molecule has 2 aromatic carbocycles. The topological polar surface area (TPSA) is 51.8 Å². The lowest BCUT2D eigenvalue weighted by Gasteiger charge is -2.19. The third-order valence-corrected chi connectivity index (χ3v) is 6.91. The quantitative estimate of drug-likeness (QED) is 0.137. The molecule has 0 heterocycles. The molecule has 0 saturated heterocycles. The van der Waals surface area contributed by atoms with Crippen LogP contribution in [0.3, 0.4) is 0 Å². The minimum absolute atomic E-state index is 0.630. The summed E-state index contributed by atoms with van der Waals surface area (Å²) in [5, 5.41) is 17.4.